The maximum absolute atomic E-state index is 2.61. The molecular weight excluding hydrogens is 627 g/mol. The fourth-order valence-corrected chi connectivity index (χ4v) is 7.01. The van der Waals surface area contributed by atoms with E-state index < -0.39 is 0 Å². The number of likely N-dealkylation sites (N-methyl/N-ethyl adjacent to an activating group) is 3. The molecule has 0 radical (unpaired) electrons. The van der Waals surface area contributed by atoms with Crippen LogP contribution in [-0.4, -0.2) is 173 Å². The van der Waals surface area contributed by atoms with E-state index in [-0.39, 0.29) is 0 Å². The zero-order chi connectivity index (χ0) is 38.0. The topological polar surface area (TPSA) is 22.7 Å². The van der Waals surface area contributed by atoms with Crippen LogP contribution in [0.25, 0.3) is 0 Å². The van der Waals surface area contributed by atoms with E-state index in [0.29, 0.717) is 0 Å². The maximum atomic E-state index is 2.61. The second-order valence-electron chi connectivity index (χ2n) is 18.6. The van der Waals surface area contributed by atoms with E-state index >= 15 is 0 Å². The second-order valence-corrected chi connectivity index (χ2v) is 18.6. The number of likely N-dealkylation sites (tertiary alicyclic amines) is 1. The summed E-state index contributed by atoms with van der Waals surface area (Å²) in [7, 11) is 6.64. The van der Waals surface area contributed by atoms with Gasteiger partial charge in [-0.15, -0.1) is 0 Å². The molecule has 4 fully saturated rings. The van der Waals surface area contributed by atoms with Gasteiger partial charge in [0.15, 0.2) is 0 Å². The average Bonchev–Trinajstić information content (AvgIpc) is 3.61. The van der Waals surface area contributed by atoms with Crippen LogP contribution in [0.3, 0.4) is 0 Å². The average molecular weight is 722 g/mol. The minimum atomic E-state index is 0.819. The Kier molecular flexibility index (Phi) is 28.7. The molecule has 0 aromatic carbocycles. The standard InChI is InChI=1S/C12H26N2.C11H24N2.C11H23N.C10H22N2/c1-12(2)6-4-5-7-14-10-8-13(3)9-11-14;1-10(2)11(3)9-13-7-5-12(4)6-8-13;1-11(2)7-3-4-8-12-9-5-6-10-12;1-10(2)4-5-12-8-6-11(3)7-9-12/h12H,4-11H2,1-3H3;10-11H,5-9H2,1-4H3;11H,3-10H2,1-2H3;10H,4-9H2,1-3H3. The van der Waals surface area contributed by atoms with Gasteiger partial charge in [0, 0.05) is 85.1 Å². The summed E-state index contributed by atoms with van der Waals surface area (Å²) < 4.78 is 0. The molecule has 0 bridgehead atoms. The van der Waals surface area contributed by atoms with E-state index in [2.05, 4.69) is 118 Å². The van der Waals surface area contributed by atoms with Crippen molar-refractivity contribution in [2.45, 2.75) is 120 Å². The molecule has 306 valence electrons. The predicted octanol–water partition coefficient (Wildman–Crippen LogP) is 7.77. The van der Waals surface area contributed by atoms with Crippen LogP contribution in [0, 0.1) is 29.6 Å². The molecule has 0 aliphatic carbocycles. The lowest BCUT2D eigenvalue weighted by Crippen LogP contribution is -2.46. The molecule has 1 unspecified atom stereocenters. The van der Waals surface area contributed by atoms with Gasteiger partial charge in [0.05, 0.1) is 0 Å². The van der Waals surface area contributed by atoms with E-state index in [9.17, 15) is 0 Å². The number of hydrogen-bond acceptors (Lipinski definition) is 7. The third kappa shape index (κ3) is 27.9. The third-order valence-corrected chi connectivity index (χ3v) is 11.7. The van der Waals surface area contributed by atoms with Crippen LogP contribution in [0.2, 0.25) is 0 Å². The van der Waals surface area contributed by atoms with Crippen molar-refractivity contribution in [3.63, 3.8) is 0 Å². The van der Waals surface area contributed by atoms with Crippen molar-refractivity contribution < 1.29 is 0 Å². The summed E-state index contributed by atoms with van der Waals surface area (Å²) in [5.74, 6) is 4.28. The number of nitrogens with zero attached hydrogens (tertiary/aromatic N) is 7. The zero-order valence-corrected chi connectivity index (χ0v) is 37.1. The van der Waals surface area contributed by atoms with Crippen molar-refractivity contribution in [3.8, 4) is 0 Å². The predicted molar refractivity (Wildman–Crippen MR) is 228 cm³/mol. The highest BCUT2D eigenvalue weighted by Gasteiger charge is 2.18. The lowest BCUT2D eigenvalue weighted by atomic mass is 9.97. The molecule has 0 spiro atoms. The summed E-state index contributed by atoms with van der Waals surface area (Å²) in [6, 6.07) is 0. The molecule has 4 aliphatic rings. The van der Waals surface area contributed by atoms with Crippen LogP contribution < -0.4 is 0 Å². The highest BCUT2D eigenvalue weighted by Crippen LogP contribution is 2.13. The Bertz CT molecular complexity index is 745. The SMILES string of the molecule is CC(C)C(C)CN1CCN(C)CC1.CC(C)CCCCN1CCCC1.CC(C)CCCCN1CCN(C)CC1.CC(C)CCN1CCN(C)CC1. The molecule has 51 heavy (non-hydrogen) atoms. The second kappa shape index (κ2) is 30.0. The number of rotatable bonds is 16. The molecule has 7 heteroatoms. The number of hydrogen-bond donors (Lipinski definition) is 0. The van der Waals surface area contributed by atoms with Gasteiger partial charge in [-0.25, -0.2) is 0 Å². The first-order valence-electron chi connectivity index (χ1n) is 22.2. The fourth-order valence-electron chi connectivity index (χ4n) is 7.01. The summed E-state index contributed by atoms with van der Waals surface area (Å²) in [5, 5.41) is 0. The maximum Gasteiger partial charge on any atom is 0.0110 e. The molecule has 4 heterocycles. The smallest absolute Gasteiger partial charge is 0.0110 e. The molecule has 1 atom stereocenters. The molecule has 0 N–H and O–H groups in total. The van der Waals surface area contributed by atoms with Gasteiger partial charge in [-0.3, -0.25) is 0 Å². The molecule has 0 aromatic heterocycles. The quantitative estimate of drug-likeness (QED) is 0.150. The molecule has 4 rings (SSSR count). The highest BCUT2D eigenvalue weighted by molar-refractivity contribution is 4.73. The normalized spacial score (nSPS) is 21.4. The third-order valence-electron chi connectivity index (χ3n) is 11.7. The van der Waals surface area contributed by atoms with Gasteiger partial charge in [0.25, 0.3) is 0 Å². The minimum absolute atomic E-state index is 0.819. The molecular formula is C44H95N7. The molecule has 0 saturated carbocycles. The van der Waals surface area contributed by atoms with Gasteiger partial charge in [-0.1, -0.05) is 88.0 Å². The van der Waals surface area contributed by atoms with Gasteiger partial charge < -0.3 is 34.3 Å². The Morgan fingerprint density at radius 3 is 1.04 bits per heavy atom. The van der Waals surface area contributed by atoms with Crippen molar-refractivity contribution in [3.05, 3.63) is 0 Å². The Balaban J connectivity index is 0.000000341. The molecule has 4 aliphatic heterocycles. The first kappa shape index (κ1) is 48.7. The summed E-state index contributed by atoms with van der Waals surface area (Å²) in [6.07, 6.45) is 12.7. The largest absolute Gasteiger partial charge is 0.304 e. The van der Waals surface area contributed by atoms with Gasteiger partial charge >= 0.3 is 0 Å². The van der Waals surface area contributed by atoms with E-state index in [1.165, 1.54) is 176 Å². The summed E-state index contributed by atoms with van der Waals surface area (Å²) in [4.78, 5) is 17.7. The molecule has 0 aromatic rings. The summed E-state index contributed by atoms with van der Waals surface area (Å²) >= 11 is 0. The molecule has 0 amide bonds. The number of piperazine rings is 3. The Labute approximate surface area is 322 Å². The van der Waals surface area contributed by atoms with Gasteiger partial charge in [0.2, 0.25) is 0 Å². The summed E-state index contributed by atoms with van der Waals surface area (Å²) in [6.45, 7) is 43.9. The Hall–Kier alpha value is -0.280. The lowest BCUT2D eigenvalue weighted by Gasteiger charge is -2.34. The highest BCUT2D eigenvalue weighted by atomic mass is 15.3. The Morgan fingerprint density at radius 2 is 0.686 bits per heavy atom. The van der Waals surface area contributed by atoms with Crippen molar-refractivity contribution in [2.75, 3.05) is 139 Å². The van der Waals surface area contributed by atoms with Crippen LogP contribution in [-0.2, 0) is 0 Å². The van der Waals surface area contributed by atoms with Crippen molar-refractivity contribution >= 4 is 0 Å². The monoisotopic (exact) mass is 722 g/mol. The number of unbranched alkanes of at least 4 members (excludes halogenated alkanes) is 2. The van der Waals surface area contributed by atoms with E-state index in [1.54, 1.807) is 0 Å². The van der Waals surface area contributed by atoms with Gasteiger partial charge in [-0.05, 0) is 116 Å². The van der Waals surface area contributed by atoms with E-state index in [0.717, 1.165) is 29.6 Å². The van der Waals surface area contributed by atoms with Gasteiger partial charge in [-0.2, -0.15) is 0 Å². The Morgan fingerprint density at radius 1 is 0.353 bits per heavy atom. The van der Waals surface area contributed by atoms with Crippen molar-refractivity contribution in [2.24, 2.45) is 29.6 Å². The van der Waals surface area contributed by atoms with E-state index in [1.807, 2.05) is 0 Å². The van der Waals surface area contributed by atoms with Crippen LogP contribution in [0.1, 0.15) is 120 Å². The van der Waals surface area contributed by atoms with Crippen molar-refractivity contribution in [1.29, 1.82) is 0 Å². The van der Waals surface area contributed by atoms with Crippen LogP contribution in [0.5, 0.6) is 0 Å². The summed E-state index contributed by atoms with van der Waals surface area (Å²) in [5.41, 5.74) is 0. The van der Waals surface area contributed by atoms with E-state index in [4.69, 9.17) is 0 Å². The fraction of sp³-hybridized carbons (Fsp3) is 1.00. The van der Waals surface area contributed by atoms with Crippen LogP contribution >= 0.6 is 0 Å². The zero-order valence-electron chi connectivity index (χ0n) is 37.1. The molecule has 4 saturated heterocycles. The first-order valence-corrected chi connectivity index (χ1v) is 22.2. The van der Waals surface area contributed by atoms with Crippen molar-refractivity contribution in [1.82, 2.24) is 34.3 Å². The first-order chi connectivity index (χ1) is 24.2. The lowest BCUT2D eigenvalue weighted by molar-refractivity contribution is 0.129. The van der Waals surface area contributed by atoms with Gasteiger partial charge in [0.1, 0.15) is 0 Å². The molecule has 7 nitrogen and oxygen atoms in total. The van der Waals surface area contributed by atoms with Crippen LogP contribution in [0.15, 0.2) is 0 Å². The van der Waals surface area contributed by atoms with Crippen LogP contribution in [0.4, 0.5) is 0 Å². The minimum Gasteiger partial charge on any atom is -0.304 e.